The molecular formula is C54H47BN2S2. The Kier molecular flexibility index (Phi) is 5.96. The standard InChI is InChI=1S/C54H47BN2S2/c1-51(2)19-21-53(5,6)38-26-41-34(24-36(38)51)43-31-16-11-15-30-33-23-28-13-9-10-14-29(28)47-44(33)55(57(45(30)31)50(43)59-41)40-18-12-17-32-46(40)56(47)48-35-25-37-39(27-42(35)58-49(32)48)54(7,8)22-20-52(37,3)4/h9-18,23-27H,19-22H2,1-8H3. The number of hydrogen-bond acceptors (Lipinski definition) is 2. The van der Waals surface area contributed by atoms with E-state index in [0.717, 1.165) is 0 Å². The van der Waals surface area contributed by atoms with Crippen molar-refractivity contribution >= 4 is 114 Å². The molecule has 2 aliphatic carbocycles. The van der Waals surface area contributed by atoms with Gasteiger partial charge in [-0.05, 0) is 122 Å². The lowest BCUT2D eigenvalue weighted by Gasteiger charge is -2.42. The van der Waals surface area contributed by atoms with Crippen LogP contribution in [0.15, 0.2) is 91.0 Å². The highest BCUT2D eigenvalue weighted by molar-refractivity contribution is 7.27. The summed E-state index contributed by atoms with van der Waals surface area (Å²) in [6.45, 7) is 19.8. The first-order valence-electron chi connectivity index (χ1n) is 21.9. The van der Waals surface area contributed by atoms with Crippen LogP contribution < -0.4 is 10.9 Å². The van der Waals surface area contributed by atoms with Crippen molar-refractivity contribution < 1.29 is 0 Å². The zero-order chi connectivity index (χ0) is 39.9. The van der Waals surface area contributed by atoms with E-state index in [1.54, 1.807) is 16.7 Å². The predicted molar refractivity (Wildman–Crippen MR) is 258 cm³/mol. The first-order chi connectivity index (χ1) is 28.2. The van der Waals surface area contributed by atoms with E-state index in [4.69, 9.17) is 0 Å². The minimum absolute atomic E-state index is 0.0639. The molecule has 0 radical (unpaired) electrons. The minimum atomic E-state index is 0.0639. The average molecular weight is 799 g/mol. The second-order valence-electron chi connectivity index (χ2n) is 21.3. The van der Waals surface area contributed by atoms with Crippen LogP contribution in [-0.4, -0.2) is 15.9 Å². The fourth-order valence-electron chi connectivity index (χ4n) is 12.8. The molecule has 288 valence electrons. The second kappa shape index (κ2) is 10.4. The highest BCUT2D eigenvalue weighted by atomic mass is 32.1. The van der Waals surface area contributed by atoms with Crippen LogP contribution in [0, 0.1) is 0 Å². The molecule has 0 unspecified atom stereocenters. The van der Waals surface area contributed by atoms with Gasteiger partial charge in [0.05, 0.1) is 26.3 Å². The predicted octanol–water partition coefficient (Wildman–Crippen LogP) is 14.1. The number of rotatable bonds is 0. The van der Waals surface area contributed by atoms with Gasteiger partial charge in [-0.1, -0.05) is 116 Å². The van der Waals surface area contributed by atoms with Gasteiger partial charge in [0.2, 0.25) is 0 Å². The number of para-hydroxylation sites is 2. The summed E-state index contributed by atoms with van der Waals surface area (Å²) in [6.07, 6.45) is 4.89. The fourth-order valence-corrected chi connectivity index (χ4v) is 15.3. The van der Waals surface area contributed by atoms with E-state index in [2.05, 4.69) is 155 Å². The smallest absolute Gasteiger partial charge is 0.333 e. The van der Waals surface area contributed by atoms with Crippen LogP contribution in [0.5, 0.6) is 0 Å². The summed E-state index contributed by atoms with van der Waals surface area (Å²) < 4.78 is 9.83. The quantitative estimate of drug-likeness (QED) is 0.135. The van der Waals surface area contributed by atoms with Crippen LogP contribution in [0.4, 0.5) is 0 Å². The molecule has 0 saturated carbocycles. The molecule has 0 bridgehead atoms. The van der Waals surface area contributed by atoms with Gasteiger partial charge < -0.3 is 9.05 Å². The summed E-state index contributed by atoms with van der Waals surface area (Å²) >= 11 is 4.05. The molecule has 2 aliphatic heterocycles. The summed E-state index contributed by atoms with van der Waals surface area (Å²) in [5, 5.41) is 9.74. The molecule has 0 saturated heterocycles. The number of hydrogen-bond donors (Lipinski definition) is 0. The van der Waals surface area contributed by atoms with E-state index in [1.807, 2.05) is 22.7 Å². The number of benzene rings is 6. The average Bonchev–Trinajstić information content (AvgIpc) is 3.95. The molecule has 0 spiro atoms. The lowest BCUT2D eigenvalue weighted by atomic mass is 9.45. The molecular weight excluding hydrogens is 752 g/mol. The van der Waals surface area contributed by atoms with Crippen molar-refractivity contribution in [1.82, 2.24) is 9.05 Å². The van der Waals surface area contributed by atoms with Crippen molar-refractivity contribution in [2.75, 3.05) is 0 Å². The third-order valence-electron chi connectivity index (χ3n) is 16.2. The maximum atomic E-state index is 2.80. The normalized spacial score (nSPS) is 19.1. The Bertz CT molecular complexity index is 3630. The van der Waals surface area contributed by atoms with Crippen LogP contribution in [0.25, 0.3) is 90.0 Å². The summed E-state index contributed by atoms with van der Waals surface area (Å²) in [4.78, 5) is 1.41. The summed E-state index contributed by atoms with van der Waals surface area (Å²) in [5.74, 6) is 0. The summed E-state index contributed by atoms with van der Waals surface area (Å²) in [7, 11) is 0. The van der Waals surface area contributed by atoms with Gasteiger partial charge in [-0.15, -0.1) is 22.7 Å². The first kappa shape index (κ1) is 33.9. The van der Waals surface area contributed by atoms with Crippen LogP contribution in [0.1, 0.15) is 103 Å². The van der Waals surface area contributed by atoms with Gasteiger partial charge in [-0.2, -0.15) is 0 Å². The molecule has 0 amide bonds. The zero-order valence-electron chi connectivity index (χ0n) is 35.3. The van der Waals surface area contributed by atoms with E-state index < -0.39 is 0 Å². The van der Waals surface area contributed by atoms with Crippen molar-refractivity contribution in [3.8, 4) is 16.8 Å². The second-order valence-corrected chi connectivity index (χ2v) is 23.4. The highest BCUT2D eigenvalue weighted by Crippen LogP contribution is 2.54. The fraction of sp³-hybridized carbons (Fsp3) is 0.296. The first-order valence-corrected chi connectivity index (χ1v) is 23.5. The Morgan fingerprint density at radius 3 is 1.81 bits per heavy atom. The van der Waals surface area contributed by atoms with Crippen LogP contribution >= 0.6 is 22.7 Å². The zero-order valence-corrected chi connectivity index (χ0v) is 36.9. The maximum absolute atomic E-state index is 2.80. The Labute approximate surface area is 353 Å². The van der Waals surface area contributed by atoms with Crippen molar-refractivity contribution in [3.63, 3.8) is 0 Å². The van der Waals surface area contributed by atoms with Crippen LogP contribution in [0.3, 0.4) is 0 Å². The van der Waals surface area contributed by atoms with Crippen molar-refractivity contribution in [1.29, 1.82) is 0 Å². The SMILES string of the molecule is CC1(C)CCC(C)(C)c2cc3c(cc21)sc1c3c2cccc3c2n1B1c2c-3cc3ccccc3c2-n2c3c1cccc3c1sc3cc4c(cc3c12)C(C)(C)CCC4(C)C. The number of thiophene rings is 2. The molecule has 5 heteroatoms. The summed E-state index contributed by atoms with van der Waals surface area (Å²) in [5.41, 5.74) is 18.0. The Morgan fingerprint density at radius 2 is 1.10 bits per heavy atom. The Hall–Kier alpha value is -4.84. The van der Waals surface area contributed by atoms with Gasteiger partial charge in [0, 0.05) is 52.8 Å². The lowest BCUT2D eigenvalue weighted by Crippen LogP contribution is -2.55. The van der Waals surface area contributed by atoms with Crippen LogP contribution in [-0.2, 0) is 21.7 Å². The van der Waals surface area contributed by atoms with Crippen molar-refractivity contribution in [3.05, 3.63) is 113 Å². The molecule has 14 rings (SSSR count). The van der Waals surface area contributed by atoms with Crippen LogP contribution in [0.2, 0.25) is 0 Å². The molecule has 10 aromatic rings. The largest absolute Gasteiger partial charge is 0.367 e. The molecule has 0 N–H and O–H groups in total. The molecule has 0 atom stereocenters. The number of nitrogens with zero attached hydrogens (tertiary/aromatic N) is 2. The monoisotopic (exact) mass is 798 g/mol. The molecule has 0 fully saturated rings. The van der Waals surface area contributed by atoms with Gasteiger partial charge in [0.25, 0.3) is 0 Å². The Balaban J connectivity index is 1.16. The van der Waals surface area contributed by atoms with Gasteiger partial charge in [-0.25, -0.2) is 0 Å². The topological polar surface area (TPSA) is 9.86 Å². The summed E-state index contributed by atoms with van der Waals surface area (Å²) in [6, 6.07) is 36.6. The number of aromatic nitrogens is 2. The molecule has 59 heavy (non-hydrogen) atoms. The van der Waals surface area contributed by atoms with Gasteiger partial charge >= 0.3 is 6.85 Å². The van der Waals surface area contributed by atoms with E-state index in [0.29, 0.717) is 0 Å². The molecule has 6 aromatic carbocycles. The highest BCUT2D eigenvalue weighted by Gasteiger charge is 2.45. The van der Waals surface area contributed by atoms with E-state index in [9.17, 15) is 0 Å². The maximum Gasteiger partial charge on any atom is 0.333 e. The van der Waals surface area contributed by atoms with Crippen molar-refractivity contribution in [2.24, 2.45) is 0 Å². The lowest BCUT2D eigenvalue weighted by molar-refractivity contribution is 0.332. The van der Waals surface area contributed by atoms with E-state index in [1.165, 1.54) is 132 Å². The third-order valence-corrected chi connectivity index (χ3v) is 18.5. The van der Waals surface area contributed by atoms with Crippen molar-refractivity contribution in [2.45, 2.75) is 103 Å². The number of fused-ring (bicyclic) bond motifs is 18. The molecule has 2 nitrogen and oxygen atoms in total. The van der Waals surface area contributed by atoms with Gasteiger partial charge in [0.15, 0.2) is 0 Å². The Morgan fingerprint density at radius 1 is 0.508 bits per heavy atom. The minimum Gasteiger partial charge on any atom is -0.367 e. The van der Waals surface area contributed by atoms with Gasteiger partial charge in [0.1, 0.15) is 0 Å². The van der Waals surface area contributed by atoms with E-state index >= 15 is 0 Å². The third kappa shape index (κ3) is 3.93. The van der Waals surface area contributed by atoms with Gasteiger partial charge in [-0.3, -0.25) is 0 Å². The molecule has 4 aliphatic rings. The molecule has 4 aromatic heterocycles. The molecule has 6 heterocycles. The van der Waals surface area contributed by atoms with E-state index in [-0.39, 0.29) is 28.5 Å².